The minimum atomic E-state index is 0.0349. The Morgan fingerprint density at radius 1 is 1.29 bits per heavy atom. The molecule has 4 nitrogen and oxygen atoms in total. The monoisotopic (exact) mass is 236 g/mol. The van der Waals surface area contributed by atoms with Crippen molar-refractivity contribution in [3.05, 3.63) is 23.9 Å². The summed E-state index contributed by atoms with van der Waals surface area (Å²) in [4.78, 5) is 6.53. The van der Waals surface area contributed by atoms with Gasteiger partial charge in [-0.3, -0.25) is 0 Å². The average molecular weight is 236 g/mol. The molecule has 4 heteroatoms. The van der Waals surface area contributed by atoms with E-state index < -0.39 is 0 Å². The maximum absolute atomic E-state index is 9.17. The van der Waals surface area contributed by atoms with Crippen LogP contribution in [0.2, 0.25) is 0 Å². The van der Waals surface area contributed by atoms with Crippen molar-refractivity contribution in [3.63, 3.8) is 0 Å². The number of aliphatic hydroxyl groups excluding tert-OH is 2. The minimum absolute atomic E-state index is 0.0349. The second-order valence-electron chi connectivity index (χ2n) is 4.54. The van der Waals surface area contributed by atoms with E-state index >= 15 is 0 Å². The van der Waals surface area contributed by atoms with Crippen LogP contribution in [0.1, 0.15) is 31.2 Å². The number of hydrogen-bond donors (Lipinski definition) is 2. The van der Waals surface area contributed by atoms with E-state index in [2.05, 4.69) is 9.88 Å². The summed E-state index contributed by atoms with van der Waals surface area (Å²) in [6.45, 7) is 0.793. The third kappa shape index (κ3) is 2.96. The Hall–Kier alpha value is -1.13. The molecule has 1 aromatic rings. The highest BCUT2D eigenvalue weighted by Gasteiger charge is 2.23. The van der Waals surface area contributed by atoms with Gasteiger partial charge in [0.05, 0.1) is 13.2 Å². The maximum Gasteiger partial charge on any atom is 0.129 e. The van der Waals surface area contributed by atoms with Gasteiger partial charge in [0.25, 0.3) is 0 Å². The fourth-order valence-electron chi connectivity index (χ4n) is 2.52. The van der Waals surface area contributed by atoms with Gasteiger partial charge in [0, 0.05) is 18.8 Å². The first-order valence-corrected chi connectivity index (χ1v) is 6.28. The molecule has 0 aromatic carbocycles. The smallest absolute Gasteiger partial charge is 0.129 e. The molecule has 1 aliphatic carbocycles. The summed E-state index contributed by atoms with van der Waals surface area (Å²) in [5.74, 6) is 0.873. The standard InChI is InChI=1S/C13H20N2O2/c16-8-7-15(12-3-1-2-4-12)13-9-11(10-17)5-6-14-13/h5-6,9,12,16-17H,1-4,7-8,10H2. The Morgan fingerprint density at radius 2 is 2.06 bits per heavy atom. The SMILES string of the molecule is OCCN(c1cc(CO)ccn1)C1CCCC1. The van der Waals surface area contributed by atoms with Crippen molar-refractivity contribution in [1.82, 2.24) is 4.98 Å². The number of hydrogen-bond acceptors (Lipinski definition) is 4. The summed E-state index contributed by atoms with van der Waals surface area (Å²) in [6, 6.07) is 4.21. The molecule has 94 valence electrons. The molecule has 0 spiro atoms. The predicted molar refractivity (Wildman–Crippen MR) is 66.8 cm³/mol. The Bertz CT molecular complexity index is 351. The van der Waals surface area contributed by atoms with Gasteiger partial charge in [-0.15, -0.1) is 0 Å². The second-order valence-corrected chi connectivity index (χ2v) is 4.54. The fourth-order valence-corrected chi connectivity index (χ4v) is 2.52. The third-order valence-corrected chi connectivity index (χ3v) is 3.39. The van der Waals surface area contributed by atoms with Crippen molar-refractivity contribution in [1.29, 1.82) is 0 Å². The third-order valence-electron chi connectivity index (χ3n) is 3.39. The fraction of sp³-hybridized carbons (Fsp3) is 0.615. The molecule has 0 unspecified atom stereocenters. The van der Waals surface area contributed by atoms with E-state index in [0.717, 1.165) is 11.4 Å². The lowest BCUT2D eigenvalue weighted by atomic mass is 10.2. The summed E-state index contributed by atoms with van der Waals surface area (Å²) in [5, 5.41) is 18.3. The van der Waals surface area contributed by atoms with Crippen molar-refractivity contribution >= 4 is 5.82 Å². The Labute approximate surface area is 102 Å². The molecule has 0 aliphatic heterocycles. The van der Waals surface area contributed by atoms with E-state index in [9.17, 15) is 0 Å². The van der Waals surface area contributed by atoms with Crippen LogP contribution in [-0.2, 0) is 6.61 Å². The van der Waals surface area contributed by atoms with Crippen molar-refractivity contribution in [2.45, 2.75) is 38.3 Å². The molecule has 0 atom stereocenters. The van der Waals surface area contributed by atoms with Gasteiger partial charge in [-0.05, 0) is 30.5 Å². The molecule has 0 bridgehead atoms. The van der Waals surface area contributed by atoms with Crippen molar-refractivity contribution in [3.8, 4) is 0 Å². The highest BCUT2D eigenvalue weighted by Crippen LogP contribution is 2.27. The van der Waals surface area contributed by atoms with Crippen molar-refractivity contribution in [2.75, 3.05) is 18.1 Å². The van der Waals surface area contributed by atoms with Gasteiger partial charge in [0.15, 0.2) is 0 Å². The normalized spacial score (nSPS) is 16.4. The Morgan fingerprint density at radius 3 is 2.71 bits per heavy atom. The van der Waals surface area contributed by atoms with E-state index in [1.54, 1.807) is 6.20 Å². The lowest BCUT2D eigenvalue weighted by Gasteiger charge is -2.29. The number of anilines is 1. The first-order valence-electron chi connectivity index (χ1n) is 6.28. The molecule has 1 heterocycles. The summed E-state index contributed by atoms with van der Waals surface area (Å²) >= 11 is 0. The lowest BCUT2D eigenvalue weighted by molar-refractivity contribution is 0.281. The van der Waals surface area contributed by atoms with Crippen LogP contribution < -0.4 is 4.90 Å². The van der Waals surface area contributed by atoms with Crippen LogP contribution in [0.15, 0.2) is 18.3 Å². The number of rotatable bonds is 5. The van der Waals surface area contributed by atoms with Gasteiger partial charge in [-0.25, -0.2) is 4.98 Å². The molecule has 0 radical (unpaired) electrons. The second kappa shape index (κ2) is 5.98. The van der Waals surface area contributed by atoms with E-state index in [0.29, 0.717) is 12.6 Å². The molecule has 0 amide bonds. The molecular formula is C13H20N2O2. The molecule has 1 aliphatic rings. The zero-order chi connectivity index (χ0) is 12.1. The minimum Gasteiger partial charge on any atom is -0.395 e. The van der Waals surface area contributed by atoms with Crippen LogP contribution in [0.25, 0.3) is 0 Å². The summed E-state index contributed by atoms with van der Waals surface area (Å²) in [7, 11) is 0. The van der Waals surface area contributed by atoms with E-state index in [1.165, 1.54) is 25.7 Å². The number of nitrogens with zero attached hydrogens (tertiary/aromatic N) is 2. The molecule has 17 heavy (non-hydrogen) atoms. The van der Waals surface area contributed by atoms with E-state index in [4.69, 9.17) is 10.2 Å². The molecule has 2 rings (SSSR count). The van der Waals surface area contributed by atoms with Crippen LogP contribution in [0, 0.1) is 0 Å². The zero-order valence-corrected chi connectivity index (χ0v) is 10.0. The van der Waals surface area contributed by atoms with Gasteiger partial charge in [0.2, 0.25) is 0 Å². The summed E-state index contributed by atoms with van der Waals surface area (Å²) < 4.78 is 0. The van der Waals surface area contributed by atoms with Crippen LogP contribution in [-0.4, -0.2) is 34.4 Å². The summed E-state index contributed by atoms with van der Waals surface area (Å²) in [5.41, 5.74) is 0.871. The average Bonchev–Trinajstić information content (AvgIpc) is 2.89. The number of aliphatic hydroxyl groups is 2. The van der Waals surface area contributed by atoms with Crippen molar-refractivity contribution in [2.24, 2.45) is 0 Å². The zero-order valence-electron chi connectivity index (χ0n) is 10.0. The highest BCUT2D eigenvalue weighted by molar-refractivity contribution is 5.42. The van der Waals surface area contributed by atoms with E-state index in [-0.39, 0.29) is 13.2 Å². The van der Waals surface area contributed by atoms with Crippen molar-refractivity contribution < 1.29 is 10.2 Å². The van der Waals surface area contributed by atoms with Crippen LogP contribution in [0.3, 0.4) is 0 Å². The Kier molecular flexibility index (Phi) is 4.34. The van der Waals surface area contributed by atoms with Crippen LogP contribution in [0.5, 0.6) is 0 Å². The van der Waals surface area contributed by atoms with Gasteiger partial charge in [-0.2, -0.15) is 0 Å². The van der Waals surface area contributed by atoms with Gasteiger partial charge in [0.1, 0.15) is 5.82 Å². The molecule has 1 fully saturated rings. The maximum atomic E-state index is 9.17. The van der Waals surface area contributed by atoms with Gasteiger partial charge in [-0.1, -0.05) is 12.8 Å². The van der Waals surface area contributed by atoms with Gasteiger partial charge >= 0.3 is 0 Å². The first kappa shape index (κ1) is 12.3. The van der Waals surface area contributed by atoms with Crippen LogP contribution in [0.4, 0.5) is 5.82 Å². The van der Waals surface area contributed by atoms with Gasteiger partial charge < -0.3 is 15.1 Å². The Balaban J connectivity index is 2.18. The molecule has 0 saturated heterocycles. The highest BCUT2D eigenvalue weighted by atomic mass is 16.3. The quantitative estimate of drug-likeness (QED) is 0.809. The topological polar surface area (TPSA) is 56.6 Å². The molecule has 1 saturated carbocycles. The number of pyridine rings is 1. The number of aromatic nitrogens is 1. The molecular weight excluding hydrogens is 216 g/mol. The van der Waals surface area contributed by atoms with E-state index in [1.807, 2.05) is 12.1 Å². The van der Waals surface area contributed by atoms with Crippen LogP contribution >= 0.6 is 0 Å². The largest absolute Gasteiger partial charge is 0.395 e. The molecule has 2 N–H and O–H groups in total. The first-order chi connectivity index (χ1) is 8.35. The lowest BCUT2D eigenvalue weighted by Crippen LogP contribution is -2.36. The predicted octanol–water partition coefficient (Wildman–Crippen LogP) is 1.32. The summed E-state index contributed by atoms with van der Waals surface area (Å²) in [6.07, 6.45) is 6.58. The molecule has 1 aromatic heterocycles.